The Morgan fingerprint density at radius 2 is 1.17 bits per heavy atom. The number of rotatable bonds is 15. The van der Waals surface area contributed by atoms with Gasteiger partial charge in [-0.15, -0.1) is 0 Å². The largest absolute Gasteiger partial charge is 0.458 e. The van der Waals surface area contributed by atoms with E-state index in [1.165, 1.54) is 0 Å². The Hall–Kier alpha value is -4.41. The van der Waals surface area contributed by atoms with Gasteiger partial charge in [0, 0.05) is 17.8 Å². The molecular weight excluding hydrogens is 668 g/mol. The maximum absolute atomic E-state index is 13.5. The minimum Gasteiger partial charge on any atom is -0.458 e. The summed E-state index contributed by atoms with van der Waals surface area (Å²) in [5.74, 6) is -0.529. The predicted molar refractivity (Wildman–Crippen MR) is 213 cm³/mol. The molecule has 0 radical (unpaired) electrons. The molecular formula is C43H62N4O6. The Bertz CT molecular complexity index is 1640. The molecule has 0 fully saturated rings. The highest BCUT2D eigenvalue weighted by molar-refractivity contribution is 5.95. The Morgan fingerprint density at radius 3 is 1.72 bits per heavy atom. The van der Waals surface area contributed by atoms with Gasteiger partial charge in [-0.1, -0.05) is 108 Å². The molecule has 0 aliphatic carbocycles. The van der Waals surface area contributed by atoms with Crippen molar-refractivity contribution in [2.45, 2.75) is 131 Å². The first-order chi connectivity index (χ1) is 24.5. The average molecular weight is 731 g/mol. The number of urea groups is 2. The molecule has 10 nitrogen and oxygen atoms in total. The number of aryl methyl sites for hydroxylation is 1. The van der Waals surface area contributed by atoms with Crippen LogP contribution in [0.3, 0.4) is 0 Å². The topological polar surface area (TPSA) is 138 Å². The second kappa shape index (κ2) is 18.1. The number of esters is 1. The van der Waals surface area contributed by atoms with Crippen LogP contribution in [0.5, 0.6) is 0 Å². The summed E-state index contributed by atoms with van der Waals surface area (Å²) in [4.78, 5) is 40.3. The van der Waals surface area contributed by atoms with Gasteiger partial charge in [0.05, 0.1) is 11.6 Å². The molecule has 0 aliphatic rings. The van der Waals surface area contributed by atoms with Crippen molar-refractivity contribution in [2.75, 3.05) is 10.6 Å². The summed E-state index contributed by atoms with van der Waals surface area (Å²) in [6.45, 7) is 22.0. The average Bonchev–Trinajstić information content (AvgIpc) is 3.00. The van der Waals surface area contributed by atoms with E-state index in [9.17, 15) is 19.5 Å². The second-order valence-corrected chi connectivity index (χ2v) is 17.7. The summed E-state index contributed by atoms with van der Waals surface area (Å²) in [7, 11) is 0. The van der Waals surface area contributed by atoms with Gasteiger partial charge in [-0.3, -0.25) is 0 Å². The number of carbonyl (C=O) groups excluding carboxylic acids is 3. The van der Waals surface area contributed by atoms with Crippen LogP contribution in [-0.4, -0.2) is 52.7 Å². The van der Waals surface area contributed by atoms with Crippen molar-refractivity contribution in [3.05, 3.63) is 95.6 Å². The van der Waals surface area contributed by atoms with Gasteiger partial charge in [0.25, 0.3) is 0 Å². The minimum atomic E-state index is -1.29. The van der Waals surface area contributed by atoms with Crippen molar-refractivity contribution >= 4 is 29.4 Å². The van der Waals surface area contributed by atoms with Crippen molar-refractivity contribution in [1.29, 1.82) is 0 Å². The van der Waals surface area contributed by atoms with E-state index in [1.54, 1.807) is 18.2 Å². The Labute approximate surface area is 316 Å². The van der Waals surface area contributed by atoms with Gasteiger partial charge in [-0.25, -0.2) is 14.4 Å². The molecule has 3 aromatic rings. The van der Waals surface area contributed by atoms with Crippen LogP contribution >= 0.6 is 0 Å². The van der Waals surface area contributed by atoms with Crippen LogP contribution in [0.15, 0.2) is 78.9 Å². The van der Waals surface area contributed by atoms with E-state index in [-0.39, 0.29) is 17.3 Å². The van der Waals surface area contributed by atoms with Gasteiger partial charge in [-0.2, -0.15) is 0 Å². The molecule has 0 saturated carbocycles. The first kappa shape index (κ1) is 43.0. The zero-order valence-corrected chi connectivity index (χ0v) is 33.6. The highest BCUT2D eigenvalue weighted by atomic mass is 16.6. The quantitative estimate of drug-likeness (QED) is 0.0783. The highest BCUT2D eigenvalue weighted by Gasteiger charge is 2.34. The summed E-state index contributed by atoms with van der Waals surface area (Å²) < 4.78 is 12.1. The summed E-state index contributed by atoms with van der Waals surface area (Å²) in [5.41, 5.74) is 1.89. The van der Waals surface area contributed by atoms with Crippen molar-refractivity contribution < 1.29 is 29.0 Å². The van der Waals surface area contributed by atoms with E-state index in [1.807, 2.05) is 95.3 Å². The fourth-order valence-electron chi connectivity index (χ4n) is 7.01. The molecule has 10 heteroatoms. The van der Waals surface area contributed by atoms with Gasteiger partial charge < -0.3 is 35.8 Å². The van der Waals surface area contributed by atoms with Crippen molar-refractivity contribution in [3.8, 4) is 0 Å². The van der Waals surface area contributed by atoms with Crippen molar-refractivity contribution in [1.82, 2.24) is 10.6 Å². The van der Waals surface area contributed by atoms with E-state index in [4.69, 9.17) is 9.47 Å². The Morgan fingerprint density at radius 1 is 0.660 bits per heavy atom. The Kier molecular flexibility index (Phi) is 14.7. The van der Waals surface area contributed by atoms with E-state index < -0.39 is 47.6 Å². The molecule has 0 saturated heterocycles. The summed E-state index contributed by atoms with van der Waals surface area (Å²) in [6, 6.07) is 21.3. The molecule has 0 aliphatic heterocycles. The first-order valence-electron chi connectivity index (χ1n) is 18.4. The third-order valence-corrected chi connectivity index (χ3v) is 8.30. The lowest BCUT2D eigenvalue weighted by atomic mass is 9.83. The van der Waals surface area contributed by atoms with Crippen LogP contribution < -0.4 is 21.3 Å². The number of nitrogens with one attached hydrogen (secondary N) is 4. The number of hydrogen-bond donors (Lipinski definition) is 5. The number of hydrogen-bond acceptors (Lipinski definition) is 6. The molecule has 3 aromatic carbocycles. The van der Waals surface area contributed by atoms with Gasteiger partial charge in [0.15, 0.2) is 6.29 Å². The van der Waals surface area contributed by atoms with Crippen molar-refractivity contribution in [2.24, 2.45) is 10.8 Å². The summed E-state index contributed by atoms with van der Waals surface area (Å²) >= 11 is 0. The lowest BCUT2D eigenvalue weighted by Gasteiger charge is -2.36. The fraction of sp³-hybridized carbons (Fsp3) is 0.512. The van der Waals surface area contributed by atoms with Gasteiger partial charge >= 0.3 is 18.0 Å². The molecule has 0 spiro atoms. The highest BCUT2D eigenvalue weighted by Crippen LogP contribution is 2.32. The third kappa shape index (κ3) is 16.0. The number of aliphatic hydroxyl groups is 1. The molecule has 1 unspecified atom stereocenters. The zero-order chi connectivity index (χ0) is 39.6. The SMILES string of the molecule is Cc1ccc(NC(=O)N[C@@H](Cc2ccccc2)C(=O)OC(C)(C)CC(C)(C)C)cc1NC(=O)N[C@@H](Cc1ccccc1)C(O)OC(C)(C)CC(C)(C)C. The van der Waals surface area contributed by atoms with E-state index in [0.717, 1.165) is 16.7 Å². The standard InChI is InChI=1S/C43H62N4O6/c1-29-22-23-32(44-38(50)46-34(24-30-18-14-12-15-19-30)36(48)52-42(8,9)27-40(2,3)4)26-33(29)45-39(51)47-35(25-31-20-16-13-17-21-31)37(49)53-43(10,11)28-41(5,6)7/h12-23,26,34-35,37,49H,24-25,27-28H2,1-11H3,(H2,44,46,50)(H2,45,47,51)/t34-,35-,37?/m0/s1. The lowest BCUT2D eigenvalue weighted by molar-refractivity contribution is -0.193. The van der Waals surface area contributed by atoms with E-state index >= 15 is 0 Å². The third-order valence-electron chi connectivity index (χ3n) is 8.30. The van der Waals surface area contributed by atoms with Crippen LogP contribution in [0.2, 0.25) is 0 Å². The molecule has 290 valence electrons. The van der Waals surface area contributed by atoms with Gasteiger partial charge in [0.2, 0.25) is 0 Å². The molecule has 0 aromatic heterocycles. The maximum Gasteiger partial charge on any atom is 0.329 e. The molecule has 3 rings (SSSR count). The number of amides is 4. The normalized spacial score (nSPS) is 14.0. The van der Waals surface area contributed by atoms with Crippen LogP contribution in [0.4, 0.5) is 21.0 Å². The smallest absolute Gasteiger partial charge is 0.329 e. The van der Waals surface area contributed by atoms with E-state index in [0.29, 0.717) is 30.6 Å². The monoisotopic (exact) mass is 730 g/mol. The molecule has 4 amide bonds. The number of benzene rings is 3. The molecule has 0 bridgehead atoms. The number of aliphatic hydroxyl groups excluding tert-OH is 1. The predicted octanol–water partition coefficient (Wildman–Crippen LogP) is 8.77. The van der Waals surface area contributed by atoms with Crippen LogP contribution in [0.25, 0.3) is 0 Å². The van der Waals surface area contributed by atoms with Gasteiger partial charge in [0.1, 0.15) is 11.6 Å². The lowest BCUT2D eigenvalue weighted by Crippen LogP contribution is -2.50. The number of anilines is 2. The van der Waals surface area contributed by atoms with Crippen molar-refractivity contribution in [3.63, 3.8) is 0 Å². The molecule has 3 atom stereocenters. The molecule has 53 heavy (non-hydrogen) atoms. The van der Waals surface area contributed by atoms with Crippen LogP contribution in [-0.2, 0) is 27.1 Å². The summed E-state index contributed by atoms with van der Waals surface area (Å²) in [6.07, 6.45) is 0.619. The van der Waals surface area contributed by atoms with Crippen LogP contribution in [0.1, 0.15) is 98.8 Å². The first-order valence-corrected chi connectivity index (χ1v) is 18.4. The maximum atomic E-state index is 13.5. The number of carbonyl (C=O) groups is 3. The fourth-order valence-corrected chi connectivity index (χ4v) is 7.01. The second-order valence-electron chi connectivity index (χ2n) is 17.7. The van der Waals surface area contributed by atoms with Crippen LogP contribution in [0, 0.1) is 17.8 Å². The molecule has 5 N–H and O–H groups in total. The Balaban J connectivity index is 1.74. The summed E-state index contributed by atoms with van der Waals surface area (Å²) in [5, 5.41) is 22.7. The zero-order valence-electron chi connectivity index (χ0n) is 33.6. The minimum absolute atomic E-state index is 0.0362. The van der Waals surface area contributed by atoms with E-state index in [2.05, 4.69) is 62.8 Å². The number of ether oxygens (including phenoxy) is 2. The molecule has 0 heterocycles. The van der Waals surface area contributed by atoms with Gasteiger partial charge in [-0.05, 0) is 93.5 Å².